The summed E-state index contributed by atoms with van der Waals surface area (Å²) >= 11 is 3.24. The first-order valence-corrected chi connectivity index (χ1v) is 5.51. The van der Waals surface area contributed by atoms with E-state index in [0.29, 0.717) is 11.1 Å². The highest BCUT2D eigenvalue weighted by atomic mass is 79.9. The van der Waals surface area contributed by atoms with Crippen molar-refractivity contribution in [2.45, 2.75) is 11.5 Å². The summed E-state index contributed by atoms with van der Waals surface area (Å²) in [5.41, 5.74) is 0.899. The van der Waals surface area contributed by atoms with Crippen molar-refractivity contribution in [2.75, 3.05) is 13.7 Å². The van der Waals surface area contributed by atoms with Gasteiger partial charge in [-0.3, -0.25) is 0 Å². The number of benzene rings is 1. The number of ether oxygens (including phenoxy) is 2. The fourth-order valence-electron chi connectivity index (χ4n) is 1.07. The van der Waals surface area contributed by atoms with Gasteiger partial charge in [0, 0.05) is 5.33 Å². The lowest BCUT2D eigenvalue weighted by Gasteiger charge is -2.12. The van der Waals surface area contributed by atoms with Crippen LogP contribution < -0.4 is 9.47 Å². The average Bonchev–Trinajstić information content (AvgIpc) is 2.25. The first kappa shape index (κ1) is 13.2. The second-order valence-corrected chi connectivity index (χ2v) is 3.58. The summed E-state index contributed by atoms with van der Waals surface area (Å²) in [6.07, 6.45) is -4.35. The number of rotatable bonds is 4. The molecule has 0 unspecified atom stereocenters. The molecule has 1 aromatic carbocycles. The molecule has 0 aromatic heterocycles. The maximum absolute atomic E-state index is 11.9. The van der Waals surface area contributed by atoms with E-state index in [0.717, 1.165) is 5.56 Å². The molecule has 6 heteroatoms. The summed E-state index contributed by atoms with van der Waals surface area (Å²) in [6.45, 7) is -1.32. The topological polar surface area (TPSA) is 18.5 Å². The van der Waals surface area contributed by atoms with Crippen molar-refractivity contribution in [3.63, 3.8) is 0 Å². The van der Waals surface area contributed by atoms with Crippen LogP contribution in [0, 0.1) is 0 Å². The third kappa shape index (κ3) is 3.92. The maximum Gasteiger partial charge on any atom is 0.422 e. The fourth-order valence-corrected chi connectivity index (χ4v) is 1.42. The van der Waals surface area contributed by atoms with Crippen molar-refractivity contribution < 1.29 is 22.6 Å². The summed E-state index contributed by atoms with van der Waals surface area (Å²) in [4.78, 5) is 0. The van der Waals surface area contributed by atoms with Crippen LogP contribution in [0.25, 0.3) is 0 Å². The molecule has 0 fully saturated rings. The molecule has 1 rings (SSSR count). The number of alkyl halides is 4. The minimum Gasteiger partial charge on any atom is -0.493 e. The van der Waals surface area contributed by atoms with Gasteiger partial charge in [-0.05, 0) is 17.7 Å². The van der Waals surface area contributed by atoms with Gasteiger partial charge in [0.2, 0.25) is 0 Å². The Kier molecular flexibility index (Phi) is 4.46. The summed E-state index contributed by atoms with van der Waals surface area (Å²) in [7, 11) is 1.38. The molecule has 0 aliphatic carbocycles. The predicted molar refractivity (Wildman–Crippen MR) is 57.2 cm³/mol. The third-order valence-corrected chi connectivity index (χ3v) is 2.42. The molecule has 0 bridgehead atoms. The first-order chi connectivity index (χ1) is 7.46. The van der Waals surface area contributed by atoms with Crippen LogP contribution in [0.1, 0.15) is 5.56 Å². The normalized spacial score (nSPS) is 11.3. The summed E-state index contributed by atoms with van der Waals surface area (Å²) in [6, 6.07) is 4.75. The van der Waals surface area contributed by atoms with Gasteiger partial charge in [-0.1, -0.05) is 22.0 Å². The zero-order chi connectivity index (χ0) is 12.2. The molecule has 0 N–H and O–H groups in total. The van der Waals surface area contributed by atoms with Crippen molar-refractivity contribution >= 4 is 15.9 Å². The number of methoxy groups -OCH3 is 1. The minimum absolute atomic E-state index is 0.0875. The van der Waals surface area contributed by atoms with E-state index in [-0.39, 0.29) is 5.75 Å². The van der Waals surface area contributed by atoms with Crippen LogP contribution >= 0.6 is 15.9 Å². The molecule has 0 aliphatic heterocycles. The van der Waals surface area contributed by atoms with Gasteiger partial charge in [0.25, 0.3) is 0 Å². The molecule has 0 amide bonds. The standard InChI is InChI=1S/C10H10BrF3O2/c1-15-9-4-7(5-11)2-3-8(9)16-6-10(12,13)14/h2-4H,5-6H2,1H3. The Hall–Kier alpha value is -0.910. The average molecular weight is 299 g/mol. The van der Waals surface area contributed by atoms with E-state index in [1.165, 1.54) is 13.2 Å². The van der Waals surface area contributed by atoms with Crippen LogP contribution in [0.3, 0.4) is 0 Å². The van der Waals surface area contributed by atoms with Crippen LogP contribution in [0.15, 0.2) is 18.2 Å². The largest absolute Gasteiger partial charge is 0.493 e. The number of hydrogen-bond donors (Lipinski definition) is 0. The van der Waals surface area contributed by atoms with E-state index in [1.54, 1.807) is 12.1 Å². The lowest BCUT2D eigenvalue weighted by atomic mass is 10.2. The lowest BCUT2D eigenvalue weighted by Crippen LogP contribution is -2.19. The van der Waals surface area contributed by atoms with Crippen molar-refractivity contribution in [3.05, 3.63) is 23.8 Å². The molecule has 0 atom stereocenters. The van der Waals surface area contributed by atoms with Crippen molar-refractivity contribution in [3.8, 4) is 11.5 Å². The Morgan fingerprint density at radius 1 is 1.25 bits per heavy atom. The maximum atomic E-state index is 11.9. The van der Waals surface area contributed by atoms with Gasteiger partial charge in [0.05, 0.1) is 7.11 Å². The second-order valence-electron chi connectivity index (χ2n) is 3.02. The SMILES string of the molecule is COc1cc(CBr)ccc1OCC(F)(F)F. The summed E-state index contributed by atoms with van der Waals surface area (Å²) in [5, 5.41) is 0.600. The third-order valence-electron chi connectivity index (χ3n) is 1.77. The van der Waals surface area contributed by atoms with Crippen LogP contribution in [0.2, 0.25) is 0 Å². The van der Waals surface area contributed by atoms with Gasteiger partial charge in [0.1, 0.15) is 0 Å². The quantitative estimate of drug-likeness (QED) is 0.792. The number of hydrogen-bond acceptors (Lipinski definition) is 2. The van der Waals surface area contributed by atoms with Crippen molar-refractivity contribution in [1.29, 1.82) is 0 Å². The summed E-state index contributed by atoms with van der Waals surface area (Å²) in [5.74, 6) is 0.380. The van der Waals surface area contributed by atoms with Crippen LogP contribution in [0.5, 0.6) is 11.5 Å². The van der Waals surface area contributed by atoms with Gasteiger partial charge in [-0.15, -0.1) is 0 Å². The monoisotopic (exact) mass is 298 g/mol. The molecule has 90 valence electrons. The van der Waals surface area contributed by atoms with Crippen LogP contribution in [-0.4, -0.2) is 19.9 Å². The zero-order valence-corrected chi connectivity index (χ0v) is 10.1. The summed E-state index contributed by atoms with van der Waals surface area (Å²) < 4.78 is 45.4. The van der Waals surface area contributed by atoms with Gasteiger partial charge < -0.3 is 9.47 Å². The number of halogens is 4. The van der Waals surface area contributed by atoms with Crippen LogP contribution in [-0.2, 0) is 5.33 Å². The van der Waals surface area contributed by atoms with E-state index < -0.39 is 12.8 Å². The zero-order valence-electron chi connectivity index (χ0n) is 8.47. The highest BCUT2D eigenvalue weighted by molar-refractivity contribution is 9.08. The van der Waals surface area contributed by atoms with E-state index in [4.69, 9.17) is 4.74 Å². The highest BCUT2D eigenvalue weighted by Crippen LogP contribution is 2.30. The van der Waals surface area contributed by atoms with E-state index in [9.17, 15) is 13.2 Å². The molecular formula is C10H10BrF3O2. The minimum atomic E-state index is -4.35. The Labute approximate surface area is 99.5 Å². The van der Waals surface area contributed by atoms with E-state index in [1.807, 2.05) is 0 Å². The molecule has 16 heavy (non-hydrogen) atoms. The molecule has 2 nitrogen and oxygen atoms in total. The fraction of sp³-hybridized carbons (Fsp3) is 0.400. The van der Waals surface area contributed by atoms with Crippen molar-refractivity contribution in [1.82, 2.24) is 0 Å². The second kappa shape index (κ2) is 5.43. The highest BCUT2D eigenvalue weighted by Gasteiger charge is 2.28. The van der Waals surface area contributed by atoms with Gasteiger partial charge in [-0.25, -0.2) is 0 Å². The Balaban J connectivity index is 2.79. The molecule has 0 saturated heterocycles. The van der Waals surface area contributed by atoms with E-state index in [2.05, 4.69) is 20.7 Å². The predicted octanol–water partition coefficient (Wildman–Crippen LogP) is 3.53. The van der Waals surface area contributed by atoms with Gasteiger partial charge in [-0.2, -0.15) is 13.2 Å². The molecule has 0 aliphatic rings. The van der Waals surface area contributed by atoms with Crippen molar-refractivity contribution in [2.24, 2.45) is 0 Å². The molecule has 0 heterocycles. The lowest BCUT2D eigenvalue weighted by molar-refractivity contribution is -0.153. The van der Waals surface area contributed by atoms with E-state index >= 15 is 0 Å². The molecule has 0 saturated carbocycles. The molecule has 1 aromatic rings. The van der Waals surface area contributed by atoms with Gasteiger partial charge >= 0.3 is 6.18 Å². The first-order valence-electron chi connectivity index (χ1n) is 4.38. The Morgan fingerprint density at radius 3 is 2.44 bits per heavy atom. The smallest absolute Gasteiger partial charge is 0.422 e. The Bertz CT molecular complexity index is 352. The molecular weight excluding hydrogens is 289 g/mol. The Morgan fingerprint density at radius 2 is 1.94 bits per heavy atom. The molecule has 0 spiro atoms. The van der Waals surface area contributed by atoms with Crippen LogP contribution in [0.4, 0.5) is 13.2 Å². The van der Waals surface area contributed by atoms with Gasteiger partial charge in [0.15, 0.2) is 18.1 Å². The molecule has 0 radical (unpaired) electrons.